The first-order valence-electron chi connectivity index (χ1n) is 7.07. The van der Waals surface area contributed by atoms with Gasteiger partial charge >= 0.3 is 0 Å². The van der Waals surface area contributed by atoms with Crippen molar-refractivity contribution in [3.63, 3.8) is 0 Å². The molecule has 1 atom stereocenters. The van der Waals surface area contributed by atoms with Crippen LogP contribution in [0.3, 0.4) is 0 Å². The first kappa shape index (κ1) is 17.0. The highest BCUT2D eigenvalue weighted by Crippen LogP contribution is 2.20. The molecule has 116 valence electrons. The number of benzene rings is 2. The lowest BCUT2D eigenvalue weighted by atomic mass is 10.1. The minimum Gasteiger partial charge on any atom is -0.346 e. The van der Waals surface area contributed by atoms with Crippen molar-refractivity contribution < 1.29 is 9.69 Å². The standard InChI is InChI=1S/C17H18BrClN2O/c1-21(2)16(14-8-3-4-9-15(14)19)11-20-17(22)12-6-5-7-13(18)10-12/h3-10,16H,11H2,1-2H3,(H,20,22)/p+1/t16-/m1/s1. The molecule has 0 aliphatic carbocycles. The highest BCUT2D eigenvalue weighted by atomic mass is 79.9. The second-order valence-electron chi connectivity index (χ2n) is 5.37. The van der Waals surface area contributed by atoms with E-state index in [-0.39, 0.29) is 11.9 Å². The van der Waals surface area contributed by atoms with E-state index in [0.717, 1.165) is 15.1 Å². The molecule has 3 nitrogen and oxygen atoms in total. The Labute approximate surface area is 144 Å². The van der Waals surface area contributed by atoms with Crippen LogP contribution in [0.15, 0.2) is 53.0 Å². The molecule has 0 heterocycles. The van der Waals surface area contributed by atoms with Crippen LogP contribution in [-0.2, 0) is 0 Å². The number of nitrogens with one attached hydrogen (secondary N) is 2. The van der Waals surface area contributed by atoms with E-state index in [1.807, 2.05) is 42.5 Å². The lowest BCUT2D eigenvalue weighted by Crippen LogP contribution is -3.07. The molecule has 2 rings (SSSR count). The Morgan fingerprint density at radius 1 is 1.23 bits per heavy atom. The summed E-state index contributed by atoms with van der Waals surface area (Å²) in [5.74, 6) is -0.0837. The van der Waals surface area contributed by atoms with E-state index in [4.69, 9.17) is 11.6 Å². The molecule has 0 aliphatic heterocycles. The van der Waals surface area contributed by atoms with Crippen molar-refractivity contribution in [3.8, 4) is 0 Å². The van der Waals surface area contributed by atoms with Gasteiger partial charge in [-0.3, -0.25) is 4.79 Å². The number of hydrogen-bond acceptors (Lipinski definition) is 1. The molecule has 0 aliphatic rings. The highest BCUT2D eigenvalue weighted by molar-refractivity contribution is 9.10. The van der Waals surface area contributed by atoms with Crippen LogP contribution in [0.5, 0.6) is 0 Å². The van der Waals surface area contributed by atoms with E-state index in [1.165, 1.54) is 4.90 Å². The summed E-state index contributed by atoms with van der Waals surface area (Å²) in [5, 5.41) is 3.72. The minimum absolute atomic E-state index is 0.0837. The van der Waals surface area contributed by atoms with Crippen molar-refractivity contribution in [3.05, 3.63) is 69.2 Å². The van der Waals surface area contributed by atoms with Gasteiger partial charge in [0.25, 0.3) is 5.91 Å². The third kappa shape index (κ3) is 4.32. The summed E-state index contributed by atoms with van der Waals surface area (Å²) in [7, 11) is 4.11. The number of amides is 1. The molecule has 0 saturated heterocycles. The first-order chi connectivity index (χ1) is 10.5. The van der Waals surface area contributed by atoms with Crippen molar-refractivity contribution in [2.24, 2.45) is 0 Å². The van der Waals surface area contributed by atoms with Gasteiger partial charge in [-0.15, -0.1) is 0 Å². The third-order valence-corrected chi connectivity index (χ3v) is 4.37. The zero-order valence-electron chi connectivity index (χ0n) is 12.6. The van der Waals surface area contributed by atoms with Crippen LogP contribution in [0.4, 0.5) is 0 Å². The van der Waals surface area contributed by atoms with Crippen molar-refractivity contribution in [2.45, 2.75) is 6.04 Å². The lowest BCUT2D eigenvalue weighted by Gasteiger charge is -2.23. The smallest absolute Gasteiger partial charge is 0.251 e. The van der Waals surface area contributed by atoms with Gasteiger partial charge in [-0.25, -0.2) is 0 Å². The summed E-state index contributed by atoms with van der Waals surface area (Å²) in [6.45, 7) is 0.525. The molecule has 5 heteroatoms. The number of carbonyl (C=O) groups is 1. The normalized spacial score (nSPS) is 12.2. The van der Waals surface area contributed by atoms with Crippen LogP contribution in [0, 0.1) is 0 Å². The van der Waals surface area contributed by atoms with Gasteiger partial charge in [-0.2, -0.15) is 0 Å². The van der Waals surface area contributed by atoms with Crippen molar-refractivity contribution in [2.75, 3.05) is 20.6 Å². The van der Waals surface area contributed by atoms with E-state index in [0.29, 0.717) is 12.1 Å². The molecule has 2 N–H and O–H groups in total. The topological polar surface area (TPSA) is 33.5 Å². The van der Waals surface area contributed by atoms with Crippen LogP contribution in [0.25, 0.3) is 0 Å². The predicted molar refractivity (Wildman–Crippen MR) is 93.5 cm³/mol. The Hall–Kier alpha value is -1.36. The summed E-state index contributed by atoms with van der Waals surface area (Å²) in [6, 6.07) is 15.2. The van der Waals surface area contributed by atoms with Gasteiger partial charge < -0.3 is 10.2 Å². The predicted octanol–water partition coefficient (Wildman–Crippen LogP) is 2.72. The summed E-state index contributed by atoms with van der Waals surface area (Å²) in [6.07, 6.45) is 0. The quantitative estimate of drug-likeness (QED) is 0.819. The molecule has 0 unspecified atom stereocenters. The maximum Gasteiger partial charge on any atom is 0.251 e. The van der Waals surface area contributed by atoms with E-state index >= 15 is 0 Å². The Kier molecular flexibility index (Phi) is 6.00. The second kappa shape index (κ2) is 7.77. The fraction of sp³-hybridized carbons (Fsp3) is 0.235. The SMILES string of the molecule is C[NH+](C)[C@H](CNC(=O)c1cccc(Br)c1)c1ccccc1Cl. The van der Waals surface area contributed by atoms with E-state index in [9.17, 15) is 4.79 Å². The van der Waals surface area contributed by atoms with Crippen LogP contribution in [-0.4, -0.2) is 26.5 Å². The largest absolute Gasteiger partial charge is 0.346 e. The number of quaternary nitrogens is 1. The summed E-state index contributed by atoms with van der Waals surface area (Å²) in [5.41, 5.74) is 1.68. The van der Waals surface area contributed by atoms with E-state index in [2.05, 4.69) is 35.3 Å². The van der Waals surface area contributed by atoms with Crippen molar-refractivity contribution in [1.29, 1.82) is 0 Å². The molecule has 1 amide bonds. The molecule has 22 heavy (non-hydrogen) atoms. The second-order valence-corrected chi connectivity index (χ2v) is 6.69. The number of rotatable bonds is 5. The fourth-order valence-corrected chi connectivity index (χ4v) is 2.98. The van der Waals surface area contributed by atoms with Crippen molar-refractivity contribution in [1.82, 2.24) is 5.32 Å². The zero-order chi connectivity index (χ0) is 16.1. The molecular formula is C17H19BrClN2O+. The Morgan fingerprint density at radius 2 is 1.95 bits per heavy atom. The number of carbonyl (C=O) groups excluding carboxylic acids is 1. The minimum atomic E-state index is -0.0837. The van der Waals surface area contributed by atoms with Gasteiger partial charge in [0.1, 0.15) is 6.04 Å². The molecule has 0 bridgehead atoms. The average molecular weight is 383 g/mol. The molecule has 0 saturated carbocycles. The van der Waals surface area contributed by atoms with Crippen LogP contribution in [0.2, 0.25) is 5.02 Å². The molecule has 2 aromatic carbocycles. The Bertz CT molecular complexity index is 661. The van der Waals surface area contributed by atoms with Gasteiger partial charge in [-0.05, 0) is 24.3 Å². The molecular weight excluding hydrogens is 364 g/mol. The van der Waals surface area contributed by atoms with E-state index in [1.54, 1.807) is 6.07 Å². The molecule has 2 aromatic rings. The molecule has 0 fully saturated rings. The molecule has 0 aromatic heterocycles. The first-order valence-corrected chi connectivity index (χ1v) is 8.24. The van der Waals surface area contributed by atoms with Crippen LogP contribution in [0.1, 0.15) is 22.0 Å². The van der Waals surface area contributed by atoms with Gasteiger partial charge in [0.2, 0.25) is 0 Å². The van der Waals surface area contributed by atoms with Crippen LogP contribution >= 0.6 is 27.5 Å². The fourth-order valence-electron chi connectivity index (χ4n) is 2.31. The Morgan fingerprint density at radius 3 is 2.59 bits per heavy atom. The Balaban J connectivity index is 2.10. The maximum atomic E-state index is 12.3. The van der Waals surface area contributed by atoms with E-state index < -0.39 is 0 Å². The maximum absolute atomic E-state index is 12.3. The number of halogens is 2. The summed E-state index contributed by atoms with van der Waals surface area (Å²) >= 11 is 9.66. The number of likely N-dealkylation sites (N-methyl/N-ethyl adjacent to an activating group) is 1. The molecule has 0 radical (unpaired) electrons. The van der Waals surface area contributed by atoms with Crippen molar-refractivity contribution >= 4 is 33.4 Å². The third-order valence-electron chi connectivity index (χ3n) is 3.53. The highest BCUT2D eigenvalue weighted by Gasteiger charge is 2.21. The van der Waals surface area contributed by atoms with Gasteiger partial charge in [0.05, 0.1) is 20.6 Å². The van der Waals surface area contributed by atoms with Gasteiger partial charge in [-0.1, -0.05) is 51.8 Å². The summed E-state index contributed by atoms with van der Waals surface area (Å²) in [4.78, 5) is 13.5. The monoisotopic (exact) mass is 381 g/mol. The van der Waals surface area contributed by atoms with Gasteiger partial charge in [0, 0.05) is 20.6 Å². The number of hydrogen-bond donors (Lipinski definition) is 2. The summed E-state index contributed by atoms with van der Waals surface area (Å²) < 4.78 is 0.890. The average Bonchev–Trinajstić information content (AvgIpc) is 2.48. The lowest BCUT2D eigenvalue weighted by molar-refractivity contribution is -0.890. The zero-order valence-corrected chi connectivity index (χ0v) is 14.9. The molecule has 0 spiro atoms. The van der Waals surface area contributed by atoms with Gasteiger partial charge in [0.15, 0.2) is 0 Å². The van der Waals surface area contributed by atoms with Crippen LogP contribution < -0.4 is 10.2 Å².